The molecule has 1 aromatic rings. The first-order valence-corrected chi connectivity index (χ1v) is 12.5. The maximum atomic E-state index is 13.1. The van der Waals surface area contributed by atoms with Crippen molar-refractivity contribution < 1.29 is 34.2 Å². The highest BCUT2D eigenvalue weighted by Crippen LogP contribution is 2.13. The van der Waals surface area contributed by atoms with Crippen molar-refractivity contribution in [2.24, 2.45) is 23.1 Å². The number of aliphatic carboxylic acids is 1. The second-order valence-electron chi connectivity index (χ2n) is 9.58. The van der Waals surface area contributed by atoms with E-state index in [2.05, 4.69) is 16.0 Å². The van der Waals surface area contributed by atoms with Gasteiger partial charge in [-0.1, -0.05) is 32.4 Å². The minimum Gasteiger partial charge on any atom is -0.508 e. The van der Waals surface area contributed by atoms with Crippen molar-refractivity contribution in [1.82, 2.24) is 16.0 Å². The maximum absolute atomic E-state index is 13.1. The van der Waals surface area contributed by atoms with Crippen molar-refractivity contribution >= 4 is 29.6 Å². The van der Waals surface area contributed by atoms with Gasteiger partial charge in [-0.3, -0.25) is 19.2 Å². The SMILES string of the molecule is CC(C)CC(NC(=O)C(Cc1ccc(O)cc1)NC(=O)C(CC(N)=O)NC(=O)C(N)CCCCN)C(=O)O. The molecular formula is C25H40N6O7. The minimum atomic E-state index is -1.42. The average Bonchev–Trinajstić information content (AvgIpc) is 2.83. The number of carboxylic acid groups (broad SMARTS) is 1. The van der Waals surface area contributed by atoms with Crippen LogP contribution in [0.1, 0.15) is 51.5 Å². The molecule has 0 bridgehead atoms. The number of carboxylic acids is 1. The van der Waals surface area contributed by atoms with E-state index in [0.29, 0.717) is 31.4 Å². The van der Waals surface area contributed by atoms with E-state index >= 15 is 0 Å². The predicted octanol–water partition coefficient (Wildman–Crippen LogP) is -1.15. The van der Waals surface area contributed by atoms with E-state index in [9.17, 15) is 34.2 Å². The molecule has 0 fully saturated rings. The number of aromatic hydroxyl groups is 1. The standard InChI is InChI=1S/C25H40N6O7/c1-14(2)11-20(25(37)38)31-23(35)18(12-15-6-8-16(32)9-7-15)30-24(36)19(13-21(28)33)29-22(34)17(27)5-3-4-10-26/h6-9,14,17-20,32H,3-5,10-13,26-27H2,1-2H3,(H2,28,33)(H,29,34)(H,30,36)(H,31,35)(H,37,38). The Morgan fingerprint density at radius 3 is 1.95 bits per heavy atom. The summed E-state index contributed by atoms with van der Waals surface area (Å²) in [6.45, 7) is 4.04. The van der Waals surface area contributed by atoms with Gasteiger partial charge in [0.25, 0.3) is 0 Å². The Morgan fingerprint density at radius 2 is 1.42 bits per heavy atom. The number of hydrogen-bond acceptors (Lipinski definition) is 8. The number of unbranched alkanes of at least 4 members (excludes halogenated alkanes) is 1. The summed E-state index contributed by atoms with van der Waals surface area (Å²) in [6.07, 6.45) is 1.10. The largest absolute Gasteiger partial charge is 0.508 e. The number of benzene rings is 1. The molecule has 1 aromatic carbocycles. The van der Waals surface area contributed by atoms with Crippen LogP contribution in [-0.2, 0) is 30.4 Å². The minimum absolute atomic E-state index is 0.00584. The zero-order valence-electron chi connectivity index (χ0n) is 21.8. The molecule has 4 unspecified atom stereocenters. The fourth-order valence-corrected chi connectivity index (χ4v) is 3.64. The Kier molecular flexibility index (Phi) is 13.8. The van der Waals surface area contributed by atoms with E-state index in [4.69, 9.17) is 17.2 Å². The zero-order valence-corrected chi connectivity index (χ0v) is 21.8. The lowest BCUT2D eigenvalue weighted by Crippen LogP contribution is -2.58. The molecule has 38 heavy (non-hydrogen) atoms. The second kappa shape index (κ2) is 16.2. The fraction of sp³-hybridized carbons (Fsp3) is 0.560. The molecule has 0 saturated carbocycles. The molecule has 4 atom stereocenters. The summed E-state index contributed by atoms with van der Waals surface area (Å²) in [5, 5.41) is 26.4. The van der Waals surface area contributed by atoms with Gasteiger partial charge in [0.1, 0.15) is 23.9 Å². The Labute approximate surface area is 221 Å². The van der Waals surface area contributed by atoms with Crippen molar-refractivity contribution in [3.63, 3.8) is 0 Å². The number of carbonyl (C=O) groups is 5. The van der Waals surface area contributed by atoms with E-state index in [0.717, 1.165) is 0 Å². The Balaban J connectivity index is 3.12. The summed E-state index contributed by atoms with van der Waals surface area (Å²) < 4.78 is 0. The van der Waals surface area contributed by atoms with Crippen molar-refractivity contribution in [3.05, 3.63) is 29.8 Å². The van der Waals surface area contributed by atoms with Crippen LogP contribution in [-0.4, -0.2) is 70.5 Å². The smallest absolute Gasteiger partial charge is 0.326 e. The summed E-state index contributed by atoms with van der Waals surface area (Å²) in [6, 6.07) is 1.03. The topological polar surface area (TPSA) is 240 Å². The lowest BCUT2D eigenvalue weighted by Gasteiger charge is -2.25. The highest BCUT2D eigenvalue weighted by Gasteiger charge is 2.31. The fourth-order valence-electron chi connectivity index (χ4n) is 3.64. The molecule has 0 saturated heterocycles. The number of hydrogen-bond donors (Lipinski definition) is 8. The number of nitrogens with one attached hydrogen (secondary N) is 3. The van der Waals surface area contributed by atoms with E-state index in [-0.39, 0.29) is 24.5 Å². The second-order valence-corrected chi connectivity index (χ2v) is 9.58. The highest BCUT2D eigenvalue weighted by atomic mass is 16.4. The Bertz CT molecular complexity index is 954. The van der Waals surface area contributed by atoms with Crippen molar-refractivity contribution in [3.8, 4) is 5.75 Å². The van der Waals surface area contributed by atoms with Crippen LogP contribution in [0, 0.1) is 5.92 Å². The summed E-state index contributed by atoms with van der Waals surface area (Å²) in [5.41, 5.74) is 17.2. The zero-order chi connectivity index (χ0) is 28.8. The highest BCUT2D eigenvalue weighted by molar-refractivity contribution is 5.96. The third kappa shape index (κ3) is 12.0. The van der Waals surface area contributed by atoms with Gasteiger partial charge in [-0.15, -0.1) is 0 Å². The molecule has 13 nitrogen and oxygen atoms in total. The molecule has 0 aliphatic heterocycles. The molecule has 0 aliphatic carbocycles. The molecule has 4 amide bonds. The molecule has 0 aromatic heterocycles. The van der Waals surface area contributed by atoms with Crippen LogP contribution >= 0.6 is 0 Å². The molecule has 1 rings (SSSR count). The van der Waals surface area contributed by atoms with Crippen LogP contribution in [0.2, 0.25) is 0 Å². The van der Waals surface area contributed by atoms with Gasteiger partial charge in [-0.2, -0.15) is 0 Å². The first-order chi connectivity index (χ1) is 17.8. The number of primary amides is 1. The van der Waals surface area contributed by atoms with Gasteiger partial charge < -0.3 is 43.4 Å². The lowest BCUT2D eigenvalue weighted by molar-refractivity contribution is -0.143. The van der Waals surface area contributed by atoms with E-state index in [1.54, 1.807) is 13.8 Å². The molecule has 212 valence electrons. The predicted molar refractivity (Wildman–Crippen MR) is 139 cm³/mol. The number of carbonyl (C=O) groups excluding carboxylic acids is 4. The van der Waals surface area contributed by atoms with Gasteiger partial charge in [0, 0.05) is 6.42 Å². The molecule has 13 heteroatoms. The molecule has 0 aliphatic rings. The van der Waals surface area contributed by atoms with E-state index in [1.807, 2.05) is 0 Å². The van der Waals surface area contributed by atoms with Gasteiger partial charge >= 0.3 is 5.97 Å². The third-order valence-electron chi connectivity index (χ3n) is 5.68. The van der Waals surface area contributed by atoms with Gasteiger partial charge in [-0.25, -0.2) is 4.79 Å². The average molecular weight is 537 g/mol. The van der Waals surface area contributed by atoms with Crippen LogP contribution < -0.4 is 33.2 Å². The first kappa shape index (κ1) is 32.3. The number of phenolic OH excluding ortho intramolecular Hbond substituents is 1. The van der Waals surface area contributed by atoms with Gasteiger partial charge in [-0.05, 0) is 49.4 Å². The van der Waals surface area contributed by atoms with Gasteiger partial charge in [0.05, 0.1) is 12.5 Å². The molecular weight excluding hydrogens is 496 g/mol. The lowest BCUT2D eigenvalue weighted by atomic mass is 10.0. The van der Waals surface area contributed by atoms with E-state index in [1.165, 1.54) is 24.3 Å². The Morgan fingerprint density at radius 1 is 0.868 bits per heavy atom. The third-order valence-corrected chi connectivity index (χ3v) is 5.68. The summed E-state index contributed by atoms with van der Waals surface area (Å²) in [5.74, 6) is -4.47. The van der Waals surface area contributed by atoms with Crippen molar-refractivity contribution in [2.75, 3.05) is 6.54 Å². The number of amides is 4. The van der Waals surface area contributed by atoms with Crippen LogP contribution in [0.4, 0.5) is 0 Å². The van der Waals surface area contributed by atoms with Crippen LogP contribution in [0.15, 0.2) is 24.3 Å². The van der Waals surface area contributed by atoms with Crippen LogP contribution in [0.5, 0.6) is 5.75 Å². The van der Waals surface area contributed by atoms with Crippen LogP contribution in [0.3, 0.4) is 0 Å². The summed E-state index contributed by atoms with van der Waals surface area (Å²) in [4.78, 5) is 62.1. The number of nitrogens with two attached hydrogens (primary N) is 3. The summed E-state index contributed by atoms with van der Waals surface area (Å²) >= 11 is 0. The van der Waals surface area contributed by atoms with Crippen molar-refractivity contribution in [1.29, 1.82) is 0 Å². The first-order valence-electron chi connectivity index (χ1n) is 12.5. The number of phenols is 1. The molecule has 0 heterocycles. The monoisotopic (exact) mass is 536 g/mol. The molecule has 0 radical (unpaired) electrons. The normalized spacial score (nSPS) is 14.1. The molecule has 11 N–H and O–H groups in total. The molecule has 0 spiro atoms. The number of rotatable bonds is 17. The Hall–Kier alpha value is -3.71. The van der Waals surface area contributed by atoms with E-state index < -0.39 is 60.2 Å². The summed E-state index contributed by atoms with van der Waals surface area (Å²) in [7, 11) is 0. The van der Waals surface area contributed by atoms with Crippen LogP contribution in [0.25, 0.3) is 0 Å². The van der Waals surface area contributed by atoms with Crippen molar-refractivity contribution in [2.45, 2.75) is 76.5 Å². The van der Waals surface area contributed by atoms with Gasteiger partial charge in [0.15, 0.2) is 0 Å². The quantitative estimate of drug-likeness (QED) is 0.112. The maximum Gasteiger partial charge on any atom is 0.326 e. The van der Waals surface area contributed by atoms with Gasteiger partial charge in [0.2, 0.25) is 23.6 Å².